The number of H-pyrrole nitrogens is 1. The molecule has 1 amide bonds. The van der Waals surface area contributed by atoms with E-state index < -0.39 is 40.9 Å². The topological polar surface area (TPSA) is 62.0 Å². The van der Waals surface area contributed by atoms with Crippen LogP contribution in [0.4, 0.5) is 13.2 Å². The van der Waals surface area contributed by atoms with E-state index in [4.69, 9.17) is 0 Å². The predicted molar refractivity (Wildman–Crippen MR) is 95.9 cm³/mol. The minimum atomic E-state index is -0.899. The molecule has 3 rings (SSSR count). The fourth-order valence-corrected chi connectivity index (χ4v) is 2.94. The molecule has 0 radical (unpaired) electrons. The van der Waals surface area contributed by atoms with Crippen molar-refractivity contribution in [2.75, 3.05) is 0 Å². The normalized spacial score (nSPS) is 13.4. The minimum Gasteiger partial charge on any atom is -0.349 e. The number of aromatic amines is 1. The lowest BCUT2D eigenvalue weighted by molar-refractivity contribution is -0.122. The van der Waals surface area contributed by atoms with E-state index in [0.29, 0.717) is 5.52 Å². The van der Waals surface area contributed by atoms with Gasteiger partial charge >= 0.3 is 0 Å². The number of carbonyl (C=O) groups excluding carboxylic acids is 1. The number of halogens is 3. The average molecular weight is 374 g/mol. The maximum absolute atomic E-state index is 14.0. The molecule has 3 aromatic rings. The van der Waals surface area contributed by atoms with Crippen LogP contribution in [0, 0.1) is 17.5 Å². The number of pyridine rings is 1. The van der Waals surface area contributed by atoms with Crippen molar-refractivity contribution in [3.63, 3.8) is 0 Å². The van der Waals surface area contributed by atoms with Crippen LogP contribution in [0.5, 0.6) is 0 Å². The Morgan fingerprint density at radius 1 is 1.00 bits per heavy atom. The van der Waals surface area contributed by atoms with E-state index >= 15 is 0 Å². The molecule has 0 saturated heterocycles. The molecule has 27 heavy (non-hydrogen) atoms. The summed E-state index contributed by atoms with van der Waals surface area (Å²) in [5.41, 5.74) is 0.0433. The number of aromatic nitrogens is 1. The molecule has 0 aliphatic rings. The number of fused-ring (bicyclic) bond motifs is 1. The van der Waals surface area contributed by atoms with Crippen molar-refractivity contribution >= 4 is 16.8 Å². The molecule has 0 unspecified atom stereocenters. The van der Waals surface area contributed by atoms with Gasteiger partial charge in [0.25, 0.3) is 5.56 Å². The second-order valence-corrected chi connectivity index (χ2v) is 6.37. The first-order valence-corrected chi connectivity index (χ1v) is 8.34. The Morgan fingerprint density at radius 3 is 2.44 bits per heavy atom. The van der Waals surface area contributed by atoms with E-state index in [9.17, 15) is 22.8 Å². The molecule has 0 bridgehead atoms. The van der Waals surface area contributed by atoms with E-state index in [1.807, 2.05) is 0 Å². The maximum Gasteiger partial charge on any atom is 0.252 e. The second-order valence-electron chi connectivity index (χ2n) is 6.37. The van der Waals surface area contributed by atoms with Gasteiger partial charge in [-0.3, -0.25) is 9.59 Å². The van der Waals surface area contributed by atoms with Crippen LogP contribution in [0.25, 0.3) is 10.9 Å². The van der Waals surface area contributed by atoms with E-state index in [1.165, 1.54) is 31.2 Å². The summed E-state index contributed by atoms with van der Waals surface area (Å²) < 4.78 is 40.9. The summed E-state index contributed by atoms with van der Waals surface area (Å²) in [7, 11) is 0. The average Bonchev–Trinajstić information content (AvgIpc) is 2.60. The van der Waals surface area contributed by atoms with E-state index in [1.54, 1.807) is 13.0 Å². The monoisotopic (exact) mass is 374 g/mol. The first-order valence-electron chi connectivity index (χ1n) is 8.34. The molecular weight excluding hydrogens is 357 g/mol. The molecule has 7 heteroatoms. The van der Waals surface area contributed by atoms with Crippen molar-refractivity contribution in [3.8, 4) is 0 Å². The molecule has 1 aromatic heterocycles. The van der Waals surface area contributed by atoms with Crippen molar-refractivity contribution in [2.24, 2.45) is 0 Å². The summed E-state index contributed by atoms with van der Waals surface area (Å²) in [6, 6.07) is 7.98. The number of hydrogen-bond acceptors (Lipinski definition) is 2. The zero-order valence-corrected chi connectivity index (χ0v) is 14.6. The van der Waals surface area contributed by atoms with Crippen molar-refractivity contribution < 1.29 is 18.0 Å². The molecule has 1 heterocycles. The fraction of sp³-hybridized carbons (Fsp3) is 0.200. The van der Waals surface area contributed by atoms with Gasteiger partial charge in [0.1, 0.15) is 17.5 Å². The van der Waals surface area contributed by atoms with Crippen LogP contribution in [-0.2, 0) is 4.79 Å². The van der Waals surface area contributed by atoms with Crippen LogP contribution in [0.1, 0.15) is 36.9 Å². The number of carbonyl (C=O) groups is 1. The van der Waals surface area contributed by atoms with Crippen molar-refractivity contribution in [3.05, 3.63) is 81.4 Å². The molecular formula is C20H17F3N2O2. The van der Waals surface area contributed by atoms with Crippen LogP contribution in [0.2, 0.25) is 0 Å². The van der Waals surface area contributed by atoms with E-state index in [-0.39, 0.29) is 16.5 Å². The Bertz CT molecular complexity index is 1080. The Morgan fingerprint density at radius 2 is 1.74 bits per heavy atom. The van der Waals surface area contributed by atoms with Crippen LogP contribution in [0.15, 0.2) is 47.3 Å². The number of nitrogens with one attached hydrogen (secondary N) is 2. The highest BCUT2D eigenvalue weighted by Gasteiger charge is 2.22. The van der Waals surface area contributed by atoms with Gasteiger partial charge in [-0.25, -0.2) is 13.2 Å². The Kier molecular flexibility index (Phi) is 5.03. The number of benzene rings is 2. The van der Waals surface area contributed by atoms with Gasteiger partial charge in [0.05, 0.1) is 17.5 Å². The van der Waals surface area contributed by atoms with E-state index in [0.717, 1.165) is 12.1 Å². The van der Waals surface area contributed by atoms with Gasteiger partial charge in [-0.15, -0.1) is 0 Å². The molecule has 0 aliphatic carbocycles. The fourth-order valence-electron chi connectivity index (χ4n) is 2.94. The molecule has 2 aromatic carbocycles. The first kappa shape index (κ1) is 18.7. The Hall–Kier alpha value is -3.09. The third kappa shape index (κ3) is 3.72. The first-order chi connectivity index (χ1) is 12.8. The smallest absolute Gasteiger partial charge is 0.252 e. The lowest BCUT2D eigenvalue weighted by Crippen LogP contribution is -2.33. The number of hydrogen-bond donors (Lipinski definition) is 2. The molecule has 2 N–H and O–H groups in total. The molecule has 0 spiro atoms. The molecule has 2 atom stereocenters. The van der Waals surface area contributed by atoms with Crippen LogP contribution >= 0.6 is 0 Å². The lowest BCUT2D eigenvalue weighted by atomic mass is 9.98. The van der Waals surface area contributed by atoms with Crippen molar-refractivity contribution in [2.45, 2.75) is 25.8 Å². The molecule has 0 aliphatic heterocycles. The summed E-state index contributed by atoms with van der Waals surface area (Å²) in [6.45, 7) is 3.05. The summed E-state index contributed by atoms with van der Waals surface area (Å²) >= 11 is 0. The van der Waals surface area contributed by atoms with Gasteiger partial charge < -0.3 is 10.3 Å². The minimum absolute atomic E-state index is 0.0943. The Balaban J connectivity index is 1.87. The quantitative estimate of drug-likeness (QED) is 0.727. The summed E-state index contributed by atoms with van der Waals surface area (Å²) in [5, 5.41) is 2.80. The highest BCUT2D eigenvalue weighted by Crippen LogP contribution is 2.22. The third-order valence-electron chi connectivity index (χ3n) is 4.51. The summed E-state index contributed by atoms with van der Waals surface area (Å²) in [5.74, 6) is -3.44. The van der Waals surface area contributed by atoms with Crippen LogP contribution in [0.3, 0.4) is 0 Å². The number of amides is 1. The maximum atomic E-state index is 14.0. The van der Waals surface area contributed by atoms with Gasteiger partial charge in [-0.2, -0.15) is 0 Å². The largest absolute Gasteiger partial charge is 0.349 e. The van der Waals surface area contributed by atoms with Gasteiger partial charge in [0.15, 0.2) is 0 Å². The molecule has 0 saturated carbocycles. The lowest BCUT2D eigenvalue weighted by Gasteiger charge is -2.18. The van der Waals surface area contributed by atoms with Crippen molar-refractivity contribution in [1.29, 1.82) is 0 Å². The third-order valence-corrected chi connectivity index (χ3v) is 4.51. The van der Waals surface area contributed by atoms with Gasteiger partial charge in [-0.05, 0) is 38.1 Å². The zero-order valence-electron chi connectivity index (χ0n) is 14.6. The van der Waals surface area contributed by atoms with Gasteiger partial charge in [0.2, 0.25) is 5.91 Å². The predicted octanol–water partition coefficient (Wildman–Crippen LogP) is 3.93. The molecule has 0 fully saturated rings. The molecule has 140 valence electrons. The SMILES string of the molecule is C[C@H](NC(=O)[C@H](C)c1cc2c(F)cccc2[nH]c1=O)c1ccc(F)cc1F. The standard InChI is InChI=1S/C20H17F3N2O2/c1-10(14-9-15-16(22)4-3-5-18(15)25-20(14)27)19(26)24-11(2)13-7-6-12(21)8-17(13)23/h3-11H,1-2H3,(H,24,26)(H,25,27)/t10-,11+/m1/s1. The van der Waals surface area contributed by atoms with Crippen LogP contribution < -0.4 is 10.9 Å². The highest BCUT2D eigenvalue weighted by molar-refractivity contribution is 5.86. The van der Waals surface area contributed by atoms with Gasteiger partial charge in [0, 0.05) is 22.6 Å². The van der Waals surface area contributed by atoms with Gasteiger partial charge in [-0.1, -0.05) is 12.1 Å². The highest BCUT2D eigenvalue weighted by atomic mass is 19.1. The van der Waals surface area contributed by atoms with Crippen molar-refractivity contribution in [1.82, 2.24) is 10.3 Å². The zero-order chi connectivity index (χ0) is 19.7. The summed E-state index contributed by atoms with van der Waals surface area (Å²) in [4.78, 5) is 27.4. The number of rotatable bonds is 4. The summed E-state index contributed by atoms with van der Waals surface area (Å²) in [6.07, 6.45) is 0. The van der Waals surface area contributed by atoms with E-state index in [2.05, 4.69) is 10.3 Å². The Labute approximate surface area is 153 Å². The second kappa shape index (κ2) is 7.26. The molecule has 4 nitrogen and oxygen atoms in total. The van der Waals surface area contributed by atoms with Crippen LogP contribution in [-0.4, -0.2) is 10.9 Å².